The Morgan fingerprint density at radius 3 is 2.75 bits per heavy atom. The highest BCUT2D eigenvalue weighted by Crippen LogP contribution is 2.25. The van der Waals surface area contributed by atoms with Crippen molar-refractivity contribution < 1.29 is 19.1 Å². The highest BCUT2D eigenvalue weighted by molar-refractivity contribution is 8.00. The maximum atomic E-state index is 11.7. The van der Waals surface area contributed by atoms with Crippen molar-refractivity contribution in [2.45, 2.75) is 19.2 Å². The van der Waals surface area contributed by atoms with Gasteiger partial charge in [0.15, 0.2) is 5.37 Å². The van der Waals surface area contributed by atoms with Crippen LogP contribution in [0.15, 0.2) is 0 Å². The Balaban J connectivity index is 2.51. The molecule has 0 aliphatic carbocycles. The van der Waals surface area contributed by atoms with Crippen molar-refractivity contribution in [3.63, 3.8) is 0 Å². The molecule has 1 unspecified atom stereocenters. The lowest BCUT2D eigenvalue weighted by Crippen LogP contribution is -2.40. The minimum absolute atomic E-state index is 0.288. The van der Waals surface area contributed by atoms with Crippen molar-refractivity contribution in [3.05, 3.63) is 0 Å². The van der Waals surface area contributed by atoms with Gasteiger partial charge < -0.3 is 9.47 Å². The van der Waals surface area contributed by atoms with Crippen LogP contribution in [0.3, 0.4) is 0 Å². The van der Waals surface area contributed by atoms with Gasteiger partial charge in [-0.3, -0.25) is 4.90 Å². The van der Waals surface area contributed by atoms with Crippen LogP contribution in [0.1, 0.15) is 13.8 Å². The van der Waals surface area contributed by atoms with E-state index in [9.17, 15) is 9.59 Å². The number of amides is 1. The number of hydrogen-bond acceptors (Lipinski definition) is 5. The maximum Gasteiger partial charge on any atom is 0.411 e. The number of hydrogen-bond donors (Lipinski definition) is 0. The van der Waals surface area contributed by atoms with Crippen LogP contribution in [-0.4, -0.2) is 48.4 Å². The molecule has 92 valence electrons. The van der Waals surface area contributed by atoms with E-state index in [-0.39, 0.29) is 5.92 Å². The van der Waals surface area contributed by atoms with E-state index in [1.165, 1.54) is 23.8 Å². The van der Waals surface area contributed by atoms with Crippen LogP contribution in [0, 0.1) is 5.92 Å². The minimum atomic E-state index is -0.551. The third kappa shape index (κ3) is 3.30. The van der Waals surface area contributed by atoms with E-state index >= 15 is 0 Å². The molecule has 6 heteroatoms. The van der Waals surface area contributed by atoms with E-state index in [4.69, 9.17) is 4.74 Å². The third-order valence-corrected chi connectivity index (χ3v) is 3.25. The Kier molecular flexibility index (Phi) is 4.92. The van der Waals surface area contributed by atoms with E-state index in [1.54, 1.807) is 0 Å². The quantitative estimate of drug-likeness (QED) is 0.704. The van der Waals surface area contributed by atoms with Crippen LogP contribution in [-0.2, 0) is 14.3 Å². The lowest BCUT2D eigenvalue weighted by atomic mass is 10.2. The average Bonchev–Trinajstić information content (AvgIpc) is 2.73. The molecule has 0 saturated carbocycles. The Morgan fingerprint density at radius 1 is 1.50 bits per heavy atom. The highest BCUT2D eigenvalue weighted by atomic mass is 32.2. The minimum Gasteiger partial charge on any atom is -0.467 e. The topological polar surface area (TPSA) is 55.8 Å². The molecule has 0 radical (unpaired) electrons. The molecule has 1 amide bonds. The van der Waals surface area contributed by atoms with Gasteiger partial charge in [0.2, 0.25) is 0 Å². The number of carbonyl (C=O) groups is 2. The molecule has 0 bridgehead atoms. The van der Waals surface area contributed by atoms with E-state index in [0.29, 0.717) is 13.2 Å². The molecule has 0 N–H and O–H groups in total. The molecule has 1 fully saturated rings. The van der Waals surface area contributed by atoms with Gasteiger partial charge >= 0.3 is 12.1 Å². The Hall–Kier alpha value is -0.910. The van der Waals surface area contributed by atoms with Crippen molar-refractivity contribution in [3.8, 4) is 0 Å². The summed E-state index contributed by atoms with van der Waals surface area (Å²) in [6.45, 7) is 4.82. The Bertz CT molecular complexity index is 270. The molecule has 1 aliphatic rings. The number of nitrogens with zero attached hydrogens (tertiary/aromatic N) is 1. The third-order valence-electron chi connectivity index (χ3n) is 2.07. The summed E-state index contributed by atoms with van der Waals surface area (Å²) in [7, 11) is 1.32. The fourth-order valence-corrected chi connectivity index (χ4v) is 2.40. The summed E-state index contributed by atoms with van der Waals surface area (Å²) in [6, 6.07) is 0. The van der Waals surface area contributed by atoms with Crippen molar-refractivity contribution >= 4 is 23.8 Å². The van der Waals surface area contributed by atoms with E-state index in [1.807, 2.05) is 13.8 Å². The molecule has 0 spiro atoms. The smallest absolute Gasteiger partial charge is 0.411 e. The monoisotopic (exact) mass is 247 g/mol. The molecule has 1 aliphatic heterocycles. The second-order valence-corrected chi connectivity index (χ2v) is 5.10. The number of thioether (sulfide) groups is 1. The van der Waals surface area contributed by atoms with E-state index in [0.717, 1.165) is 5.75 Å². The summed E-state index contributed by atoms with van der Waals surface area (Å²) in [4.78, 5) is 24.5. The number of carbonyl (C=O) groups excluding carboxylic acids is 2. The first kappa shape index (κ1) is 13.2. The van der Waals surface area contributed by atoms with Crippen molar-refractivity contribution in [1.29, 1.82) is 0 Å². The zero-order chi connectivity index (χ0) is 12.1. The summed E-state index contributed by atoms with van der Waals surface area (Å²) in [5.41, 5.74) is 0. The van der Waals surface area contributed by atoms with Gasteiger partial charge in [0.05, 0.1) is 13.7 Å². The van der Waals surface area contributed by atoms with Gasteiger partial charge in [0, 0.05) is 12.3 Å². The first-order chi connectivity index (χ1) is 7.56. The molecule has 5 nitrogen and oxygen atoms in total. The fraction of sp³-hybridized carbons (Fsp3) is 0.800. The van der Waals surface area contributed by atoms with E-state index in [2.05, 4.69) is 4.74 Å². The molecular formula is C10H17NO4S. The van der Waals surface area contributed by atoms with Gasteiger partial charge in [-0.2, -0.15) is 0 Å². The summed E-state index contributed by atoms with van der Waals surface area (Å²) < 4.78 is 9.71. The Labute approximate surface area is 99.5 Å². The molecule has 1 saturated heterocycles. The second-order valence-electron chi connectivity index (χ2n) is 3.91. The summed E-state index contributed by atoms with van der Waals surface area (Å²) in [5, 5.41) is -0.551. The second kappa shape index (κ2) is 5.98. The molecule has 0 aromatic heterocycles. The number of ether oxygens (including phenoxy) is 2. The first-order valence-electron chi connectivity index (χ1n) is 5.19. The molecule has 0 aromatic carbocycles. The average molecular weight is 247 g/mol. The largest absolute Gasteiger partial charge is 0.467 e. The van der Waals surface area contributed by atoms with Crippen LogP contribution < -0.4 is 0 Å². The molecule has 1 atom stereocenters. The van der Waals surface area contributed by atoms with Crippen LogP contribution in [0.2, 0.25) is 0 Å². The first-order valence-corrected chi connectivity index (χ1v) is 6.24. The van der Waals surface area contributed by atoms with Gasteiger partial charge in [-0.05, 0) is 5.92 Å². The van der Waals surface area contributed by atoms with Gasteiger partial charge in [-0.1, -0.05) is 13.8 Å². The van der Waals surface area contributed by atoms with Crippen LogP contribution >= 0.6 is 11.8 Å². The summed E-state index contributed by atoms with van der Waals surface area (Å²) >= 11 is 1.40. The van der Waals surface area contributed by atoms with Gasteiger partial charge in [0.1, 0.15) is 0 Å². The molecule has 1 heterocycles. The van der Waals surface area contributed by atoms with Crippen molar-refractivity contribution in [2.24, 2.45) is 5.92 Å². The zero-order valence-electron chi connectivity index (χ0n) is 9.76. The molecule has 16 heavy (non-hydrogen) atoms. The van der Waals surface area contributed by atoms with Crippen LogP contribution in [0.25, 0.3) is 0 Å². The highest BCUT2D eigenvalue weighted by Gasteiger charge is 2.36. The predicted molar refractivity (Wildman–Crippen MR) is 61.2 cm³/mol. The SMILES string of the molecule is COC(=O)C1SCCN1C(=O)OCC(C)C. The normalized spacial score (nSPS) is 20.0. The number of esters is 1. The predicted octanol–water partition coefficient (Wildman–Crippen LogP) is 1.33. The van der Waals surface area contributed by atoms with Crippen LogP contribution in [0.5, 0.6) is 0 Å². The van der Waals surface area contributed by atoms with Crippen molar-refractivity contribution in [1.82, 2.24) is 4.90 Å². The van der Waals surface area contributed by atoms with Crippen LogP contribution in [0.4, 0.5) is 4.79 Å². The fourth-order valence-electron chi connectivity index (χ4n) is 1.27. The zero-order valence-corrected chi connectivity index (χ0v) is 10.6. The van der Waals surface area contributed by atoms with Crippen molar-refractivity contribution in [2.75, 3.05) is 26.0 Å². The number of rotatable bonds is 3. The molecule has 0 aromatic rings. The standard InChI is InChI=1S/C10H17NO4S/c1-7(2)6-15-10(13)11-4-5-16-8(11)9(12)14-3/h7-8H,4-6H2,1-3H3. The van der Waals surface area contributed by atoms with Gasteiger partial charge in [-0.15, -0.1) is 11.8 Å². The Morgan fingerprint density at radius 2 is 2.19 bits per heavy atom. The molecular weight excluding hydrogens is 230 g/mol. The van der Waals surface area contributed by atoms with Gasteiger partial charge in [-0.25, -0.2) is 9.59 Å². The summed E-state index contributed by atoms with van der Waals surface area (Å²) in [6.07, 6.45) is -0.436. The molecule has 1 rings (SSSR count). The summed E-state index contributed by atoms with van der Waals surface area (Å²) in [5.74, 6) is 0.621. The lowest BCUT2D eigenvalue weighted by Gasteiger charge is -2.21. The number of methoxy groups -OCH3 is 1. The maximum absolute atomic E-state index is 11.7. The van der Waals surface area contributed by atoms with Gasteiger partial charge in [0.25, 0.3) is 0 Å². The lowest BCUT2D eigenvalue weighted by molar-refractivity contribution is -0.142. The van der Waals surface area contributed by atoms with E-state index < -0.39 is 17.4 Å².